The zero-order chi connectivity index (χ0) is 21.3. The lowest BCUT2D eigenvalue weighted by Gasteiger charge is -2.15. The summed E-state index contributed by atoms with van der Waals surface area (Å²) in [5.41, 5.74) is 1.35. The Bertz CT molecular complexity index is 1200. The normalized spacial score (nSPS) is 15.2. The monoisotopic (exact) mass is 453 g/mol. The molecule has 0 unspecified atom stereocenters. The van der Waals surface area contributed by atoms with Gasteiger partial charge in [-0.3, -0.25) is 9.69 Å². The van der Waals surface area contributed by atoms with Crippen LogP contribution in [0, 0.1) is 0 Å². The van der Waals surface area contributed by atoms with Crippen LogP contribution in [0.5, 0.6) is 0 Å². The summed E-state index contributed by atoms with van der Waals surface area (Å²) in [6.45, 7) is 0. The molecule has 1 amide bonds. The van der Waals surface area contributed by atoms with Gasteiger partial charge in [0, 0.05) is 16.5 Å². The maximum Gasteiger partial charge on any atom is 0.336 e. The summed E-state index contributed by atoms with van der Waals surface area (Å²) in [6.07, 6.45) is 3.60. The number of benzene rings is 2. The molecule has 1 aromatic heterocycles. The lowest BCUT2D eigenvalue weighted by atomic mass is 10.1. The van der Waals surface area contributed by atoms with E-state index >= 15 is 0 Å². The van der Waals surface area contributed by atoms with Crippen LogP contribution in [0.4, 0.5) is 5.69 Å². The number of rotatable bonds is 5. The van der Waals surface area contributed by atoms with Gasteiger partial charge in [-0.1, -0.05) is 48.2 Å². The number of carbonyl (C=O) groups is 2. The third kappa shape index (κ3) is 3.94. The van der Waals surface area contributed by atoms with Gasteiger partial charge in [-0.25, -0.2) is 4.79 Å². The van der Waals surface area contributed by atoms with E-state index in [4.69, 9.17) is 16.6 Å². The third-order valence-corrected chi connectivity index (χ3v) is 6.46. The molecule has 5 nitrogen and oxygen atoms in total. The molecular formula is C22H15NO4S3. The van der Waals surface area contributed by atoms with Gasteiger partial charge in [-0.05, 0) is 42.7 Å². The second kappa shape index (κ2) is 8.51. The average Bonchev–Trinajstić information content (AvgIpc) is 3.32. The summed E-state index contributed by atoms with van der Waals surface area (Å²) in [6, 6.07) is 17.6. The Morgan fingerprint density at radius 3 is 2.73 bits per heavy atom. The fraction of sp³-hybridized carbons (Fsp3) is 0.0455. The quantitative estimate of drug-likeness (QED) is 0.299. The van der Waals surface area contributed by atoms with Crippen molar-refractivity contribution in [2.24, 2.45) is 0 Å². The summed E-state index contributed by atoms with van der Waals surface area (Å²) in [5, 5.41) is 9.38. The van der Waals surface area contributed by atoms with Crippen molar-refractivity contribution in [3.05, 3.63) is 76.9 Å². The van der Waals surface area contributed by atoms with Crippen LogP contribution in [0.3, 0.4) is 0 Å². The van der Waals surface area contributed by atoms with Gasteiger partial charge in [0.05, 0.1) is 16.2 Å². The lowest BCUT2D eigenvalue weighted by Crippen LogP contribution is -2.27. The van der Waals surface area contributed by atoms with Crippen molar-refractivity contribution in [1.82, 2.24) is 0 Å². The first kappa shape index (κ1) is 20.5. The zero-order valence-corrected chi connectivity index (χ0v) is 18.1. The van der Waals surface area contributed by atoms with Crippen molar-refractivity contribution in [3.63, 3.8) is 0 Å². The van der Waals surface area contributed by atoms with Crippen LogP contribution in [0.2, 0.25) is 0 Å². The molecule has 0 spiro atoms. The molecular weight excluding hydrogens is 438 g/mol. The van der Waals surface area contributed by atoms with E-state index in [1.807, 2.05) is 30.5 Å². The summed E-state index contributed by atoms with van der Waals surface area (Å²) in [4.78, 5) is 27.4. The van der Waals surface area contributed by atoms with Gasteiger partial charge < -0.3 is 9.52 Å². The van der Waals surface area contributed by atoms with E-state index in [2.05, 4.69) is 0 Å². The smallest absolute Gasteiger partial charge is 0.336 e. The van der Waals surface area contributed by atoms with Gasteiger partial charge in [0.2, 0.25) is 0 Å². The standard InChI is InChI=1S/C22H15NO4S3/c1-29-15-6-4-5-13(11-15)23-20(24)19(30-22(23)28)12-14-9-10-18(27-14)16-7-2-3-8-17(16)21(25)26/h2-12H,1H3,(H,25,26)/b19-12-. The Balaban J connectivity index is 1.63. The van der Waals surface area contributed by atoms with Crippen molar-refractivity contribution in [2.75, 3.05) is 11.2 Å². The Morgan fingerprint density at radius 2 is 1.97 bits per heavy atom. The van der Waals surface area contributed by atoms with Crippen LogP contribution in [-0.2, 0) is 4.79 Å². The number of nitrogens with zero attached hydrogens (tertiary/aromatic N) is 1. The van der Waals surface area contributed by atoms with Gasteiger partial charge in [0.15, 0.2) is 4.32 Å². The number of carboxylic acid groups (broad SMARTS) is 1. The van der Waals surface area contributed by atoms with E-state index in [0.717, 1.165) is 10.6 Å². The van der Waals surface area contributed by atoms with E-state index in [1.54, 1.807) is 48.2 Å². The zero-order valence-electron chi connectivity index (χ0n) is 15.7. The van der Waals surface area contributed by atoms with Gasteiger partial charge in [-0.15, -0.1) is 11.8 Å². The predicted molar refractivity (Wildman–Crippen MR) is 125 cm³/mol. The number of carboxylic acids is 1. The SMILES string of the molecule is CSc1cccc(N2C(=O)/C(=C/c3ccc(-c4ccccc4C(=O)O)o3)SC2=S)c1. The van der Waals surface area contributed by atoms with Gasteiger partial charge in [0.25, 0.3) is 5.91 Å². The van der Waals surface area contributed by atoms with Crippen LogP contribution in [0.25, 0.3) is 17.4 Å². The number of amides is 1. The Kier molecular flexibility index (Phi) is 5.80. The van der Waals surface area contributed by atoms with Crippen molar-refractivity contribution < 1.29 is 19.1 Å². The average molecular weight is 454 g/mol. The number of aromatic carboxylic acids is 1. The molecule has 0 bridgehead atoms. The minimum atomic E-state index is -1.03. The van der Waals surface area contributed by atoms with E-state index < -0.39 is 5.97 Å². The highest BCUT2D eigenvalue weighted by Crippen LogP contribution is 2.37. The van der Waals surface area contributed by atoms with E-state index in [-0.39, 0.29) is 11.5 Å². The first-order chi connectivity index (χ1) is 14.5. The van der Waals surface area contributed by atoms with Crippen LogP contribution in [0.1, 0.15) is 16.1 Å². The Labute approximate surface area is 186 Å². The number of hydrogen-bond acceptors (Lipinski definition) is 6. The molecule has 30 heavy (non-hydrogen) atoms. The van der Waals surface area contributed by atoms with Crippen LogP contribution in [0.15, 0.2) is 74.9 Å². The third-order valence-electron chi connectivity index (χ3n) is 4.43. The largest absolute Gasteiger partial charge is 0.478 e. The minimum absolute atomic E-state index is 0.151. The Hall–Kier alpha value is -2.81. The summed E-state index contributed by atoms with van der Waals surface area (Å²) < 4.78 is 6.26. The summed E-state index contributed by atoms with van der Waals surface area (Å²) >= 11 is 8.22. The van der Waals surface area contributed by atoms with Gasteiger partial charge in [0.1, 0.15) is 11.5 Å². The summed E-state index contributed by atoms with van der Waals surface area (Å²) in [5.74, 6) is -0.380. The number of hydrogen-bond donors (Lipinski definition) is 1. The van der Waals surface area contributed by atoms with Crippen LogP contribution < -0.4 is 4.90 Å². The molecule has 8 heteroatoms. The molecule has 1 aliphatic heterocycles. The highest BCUT2D eigenvalue weighted by atomic mass is 32.2. The lowest BCUT2D eigenvalue weighted by molar-refractivity contribution is -0.113. The van der Waals surface area contributed by atoms with Crippen molar-refractivity contribution in [3.8, 4) is 11.3 Å². The molecule has 0 atom stereocenters. The van der Waals surface area contributed by atoms with E-state index in [0.29, 0.717) is 26.3 Å². The molecule has 1 fully saturated rings. The molecule has 1 N–H and O–H groups in total. The van der Waals surface area contributed by atoms with E-state index in [1.165, 1.54) is 22.7 Å². The molecule has 150 valence electrons. The van der Waals surface area contributed by atoms with Gasteiger partial charge in [-0.2, -0.15) is 0 Å². The Morgan fingerprint density at radius 1 is 1.17 bits per heavy atom. The predicted octanol–water partition coefficient (Wildman–Crippen LogP) is 5.77. The second-order valence-electron chi connectivity index (χ2n) is 6.27. The maximum atomic E-state index is 13.0. The fourth-order valence-corrected chi connectivity index (χ4v) is 4.76. The molecule has 0 radical (unpaired) electrons. The minimum Gasteiger partial charge on any atom is -0.478 e. The molecule has 2 aromatic carbocycles. The molecule has 2 heterocycles. The molecule has 0 saturated carbocycles. The molecule has 1 aliphatic rings. The fourth-order valence-electron chi connectivity index (χ4n) is 3.03. The summed E-state index contributed by atoms with van der Waals surface area (Å²) in [7, 11) is 0. The number of anilines is 1. The number of carbonyl (C=O) groups excluding carboxylic acids is 1. The van der Waals surface area contributed by atoms with Crippen molar-refractivity contribution in [2.45, 2.75) is 4.90 Å². The molecule has 0 aliphatic carbocycles. The molecule has 1 saturated heterocycles. The first-order valence-corrected chi connectivity index (χ1v) is 11.3. The topological polar surface area (TPSA) is 70.8 Å². The van der Waals surface area contributed by atoms with E-state index in [9.17, 15) is 14.7 Å². The first-order valence-electron chi connectivity index (χ1n) is 8.82. The maximum absolute atomic E-state index is 13.0. The molecule has 4 rings (SSSR count). The van der Waals surface area contributed by atoms with Gasteiger partial charge >= 0.3 is 5.97 Å². The number of thiocarbonyl (C=S) groups is 1. The second-order valence-corrected chi connectivity index (χ2v) is 8.83. The van der Waals surface area contributed by atoms with Crippen LogP contribution in [-0.4, -0.2) is 27.6 Å². The number of thioether (sulfide) groups is 2. The van der Waals surface area contributed by atoms with Crippen molar-refractivity contribution in [1.29, 1.82) is 0 Å². The van der Waals surface area contributed by atoms with Crippen molar-refractivity contribution >= 4 is 63.7 Å². The highest BCUT2D eigenvalue weighted by molar-refractivity contribution is 8.27. The molecule has 3 aromatic rings. The highest BCUT2D eigenvalue weighted by Gasteiger charge is 2.33. The number of furan rings is 1. The van der Waals surface area contributed by atoms with Crippen LogP contribution >= 0.6 is 35.7 Å².